The Morgan fingerprint density at radius 3 is 2.39 bits per heavy atom. The first-order chi connectivity index (χ1) is 13.4. The van der Waals surface area contributed by atoms with Crippen molar-refractivity contribution in [3.63, 3.8) is 0 Å². The van der Waals surface area contributed by atoms with Crippen molar-refractivity contribution >= 4 is 34.8 Å². The predicted octanol–water partition coefficient (Wildman–Crippen LogP) is 5.04. The molecule has 3 rings (SSSR count). The van der Waals surface area contributed by atoms with Gasteiger partial charge in [-0.2, -0.15) is 0 Å². The predicted molar refractivity (Wildman–Crippen MR) is 111 cm³/mol. The first-order valence-corrected chi connectivity index (χ1v) is 10.1. The van der Waals surface area contributed by atoms with Crippen molar-refractivity contribution in [2.45, 2.75) is 32.4 Å². The average Bonchev–Trinajstić information content (AvgIpc) is 2.90. The summed E-state index contributed by atoms with van der Waals surface area (Å²) in [6.45, 7) is 6.55. The number of rotatable bonds is 7. The number of carbonyl (C=O) groups excluding carboxylic acids is 2. The third-order valence-electron chi connectivity index (χ3n) is 4.08. The number of anilines is 1. The SMILES string of the molecule is CCCOc1ccc(C2=C(SC(C)C)C(=O)N(c3cccc(F)c3)C2=O)cc1. The van der Waals surface area contributed by atoms with Gasteiger partial charge in [0.05, 0.1) is 22.8 Å². The molecule has 1 aliphatic rings. The Morgan fingerprint density at radius 1 is 1.07 bits per heavy atom. The number of imide groups is 1. The lowest BCUT2D eigenvalue weighted by molar-refractivity contribution is -0.119. The van der Waals surface area contributed by atoms with Crippen molar-refractivity contribution in [1.82, 2.24) is 0 Å². The molecule has 0 saturated carbocycles. The normalized spacial score (nSPS) is 14.4. The van der Waals surface area contributed by atoms with Gasteiger partial charge in [0, 0.05) is 5.25 Å². The van der Waals surface area contributed by atoms with Crippen LogP contribution in [-0.4, -0.2) is 23.7 Å². The van der Waals surface area contributed by atoms with Gasteiger partial charge in [-0.05, 0) is 42.3 Å². The van der Waals surface area contributed by atoms with Gasteiger partial charge in [0.2, 0.25) is 0 Å². The molecule has 0 atom stereocenters. The van der Waals surface area contributed by atoms with E-state index in [1.165, 1.54) is 30.0 Å². The Kier molecular flexibility index (Phi) is 6.19. The highest BCUT2D eigenvalue weighted by atomic mass is 32.2. The molecular formula is C22H22FNO3S. The van der Waals surface area contributed by atoms with Crippen LogP contribution in [0, 0.1) is 5.82 Å². The average molecular weight is 399 g/mol. The molecular weight excluding hydrogens is 377 g/mol. The van der Waals surface area contributed by atoms with E-state index in [1.807, 2.05) is 20.8 Å². The van der Waals surface area contributed by atoms with Gasteiger partial charge in [-0.25, -0.2) is 9.29 Å². The molecule has 0 aliphatic carbocycles. The highest BCUT2D eigenvalue weighted by Gasteiger charge is 2.40. The maximum atomic E-state index is 13.7. The highest BCUT2D eigenvalue weighted by Crippen LogP contribution is 2.40. The van der Waals surface area contributed by atoms with Gasteiger partial charge < -0.3 is 4.74 Å². The van der Waals surface area contributed by atoms with E-state index in [4.69, 9.17) is 4.74 Å². The van der Waals surface area contributed by atoms with E-state index < -0.39 is 17.6 Å². The fourth-order valence-corrected chi connectivity index (χ4v) is 3.88. The standard InChI is InChI=1S/C22H22FNO3S/c1-4-12-27-18-10-8-15(9-11-18)19-20(28-14(2)3)22(26)24(21(19)25)17-7-5-6-16(23)13-17/h5-11,13-14H,4,12H2,1-3H3. The third kappa shape index (κ3) is 4.12. The molecule has 0 N–H and O–H groups in total. The van der Waals surface area contributed by atoms with E-state index in [9.17, 15) is 14.0 Å². The molecule has 0 fully saturated rings. The number of carbonyl (C=O) groups is 2. The van der Waals surface area contributed by atoms with Gasteiger partial charge in [0.15, 0.2) is 0 Å². The van der Waals surface area contributed by atoms with Crippen molar-refractivity contribution in [1.29, 1.82) is 0 Å². The summed E-state index contributed by atoms with van der Waals surface area (Å²) in [4.78, 5) is 27.6. The van der Waals surface area contributed by atoms with Gasteiger partial charge in [-0.1, -0.05) is 39.0 Å². The molecule has 4 nitrogen and oxygen atoms in total. The summed E-state index contributed by atoms with van der Waals surface area (Å²) in [5.41, 5.74) is 1.22. The van der Waals surface area contributed by atoms with Crippen LogP contribution in [0.1, 0.15) is 32.8 Å². The highest BCUT2D eigenvalue weighted by molar-refractivity contribution is 8.04. The van der Waals surface area contributed by atoms with E-state index in [-0.39, 0.29) is 10.9 Å². The first-order valence-electron chi connectivity index (χ1n) is 9.21. The lowest BCUT2D eigenvalue weighted by atomic mass is 10.1. The van der Waals surface area contributed by atoms with Gasteiger partial charge >= 0.3 is 0 Å². The Balaban J connectivity index is 2.01. The Morgan fingerprint density at radius 2 is 1.79 bits per heavy atom. The lowest BCUT2D eigenvalue weighted by Gasteiger charge is -2.15. The number of hydrogen-bond acceptors (Lipinski definition) is 4. The van der Waals surface area contributed by atoms with E-state index in [2.05, 4.69) is 0 Å². The molecule has 2 aromatic carbocycles. The minimum atomic E-state index is -0.498. The molecule has 0 bridgehead atoms. The van der Waals surface area contributed by atoms with Gasteiger partial charge in [0.25, 0.3) is 11.8 Å². The summed E-state index contributed by atoms with van der Waals surface area (Å²) in [6.07, 6.45) is 0.900. The molecule has 28 heavy (non-hydrogen) atoms. The second kappa shape index (κ2) is 8.61. The molecule has 0 unspecified atom stereocenters. The monoisotopic (exact) mass is 399 g/mol. The van der Waals surface area contributed by atoms with Crippen LogP contribution in [0.25, 0.3) is 5.57 Å². The van der Waals surface area contributed by atoms with Crippen molar-refractivity contribution in [3.05, 3.63) is 64.8 Å². The molecule has 0 spiro atoms. The Bertz CT molecular complexity index is 922. The van der Waals surface area contributed by atoms with Crippen molar-refractivity contribution in [2.75, 3.05) is 11.5 Å². The molecule has 1 heterocycles. The third-order valence-corrected chi connectivity index (χ3v) is 5.16. The molecule has 6 heteroatoms. The maximum Gasteiger partial charge on any atom is 0.272 e. The van der Waals surface area contributed by atoms with Crippen LogP contribution in [0.15, 0.2) is 53.4 Å². The van der Waals surface area contributed by atoms with Crippen molar-refractivity contribution < 1.29 is 18.7 Å². The van der Waals surface area contributed by atoms with E-state index in [1.54, 1.807) is 30.3 Å². The minimum absolute atomic E-state index is 0.112. The molecule has 0 aromatic heterocycles. The lowest BCUT2D eigenvalue weighted by Crippen LogP contribution is -2.31. The maximum absolute atomic E-state index is 13.7. The minimum Gasteiger partial charge on any atom is -0.494 e. The van der Waals surface area contributed by atoms with Crippen LogP contribution in [0.5, 0.6) is 5.75 Å². The number of halogens is 1. The molecule has 146 valence electrons. The Labute approximate surface area is 168 Å². The van der Waals surface area contributed by atoms with E-state index >= 15 is 0 Å². The van der Waals surface area contributed by atoms with Crippen LogP contribution < -0.4 is 9.64 Å². The summed E-state index contributed by atoms with van der Waals surface area (Å²) >= 11 is 1.34. The summed E-state index contributed by atoms with van der Waals surface area (Å²) < 4.78 is 19.3. The zero-order valence-electron chi connectivity index (χ0n) is 16.1. The Hall–Kier alpha value is -2.60. The van der Waals surface area contributed by atoms with Crippen molar-refractivity contribution in [3.8, 4) is 5.75 Å². The number of benzene rings is 2. The largest absolute Gasteiger partial charge is 0.494 e. The van der Waals surface area contributed by atoms with Crippen molar-refractivity contribution in [2.24, 2.45) is 0 Å². The van der Waals surface area contributed by atoms with E-state index in [0.717, 1.165) is 11.3 Å². The van der Waals surface area contributed by atoms with Crippen LogP contribution in [0.3, 0.4) is 0 Å². The zero-order valence-corrected chi connectivity index (χ0v) is 16.9. The topological polar surface area (TPSA) is 46.6 Å². The number of amides is 2. The first kappa shape index (κ1) is 20.1. The van der Waals surface area contributed by atoms with Gasteiger partial charge in [0.1, 0.15) is 11.6 Å². The molecule has 0 radical (unpaired) electrons. The second-order valence-electron chi connectivity index (χ2n) is 6.67. The quantitative estimate of drug-likeness (QED) is 0.612. The fraction of sp³-hybridized carbons (Fsp3) is 0.273. The smallest absolute Gasteiger partial charge is 0.272 e. The van der Waals surface area contributed by atoms with Crippen LogP contribution >= 0.6 is 11.8 Å². The number of nitrogens with zero attached hydrogens (tertiary/aromatic N) is 1. The fourth-order valence-electron chi connectivity index (χ4n) is 2.90. The van der Waals surface area contributed by atoms with Gasteiger partial charge in [-0.15, -0.1) is 11.8 Å². The summed E-state index contributed by atoms with van der Waals surface area (Å²) in [5.74, 6) is -0.651. The van der Waals surface area contributed by atoms with E-state index in [0.29, 0.717) is 28.4 Å². The summed E-state index contributed by atoms with van der Waals surface area (Å²) in [5, 5.41) is 0.112. The molecule has 2 amide bonds. The molecule has 2 aromatic rings. The number of hydrogen-bond donors (Lipinski definition) is 0. The summed E-state index contributed by atoms with van der Waals surface area (Å²) in [7, 11) is 0. The van der Waals surface area contributed by atoms with Crippen LogP contribution in [0.4, 0.5) is 10.1 Å². The number of ether oxygens (including phenoxy) is 1. The number of thioether (sulfide) groups is 1. The zero-order chi connectivity index (χ0) is 20.3. The second-order valence-corrected chi connectivity index (χ2v) is 8.26. The summed E-state index contributed by atoms with van der Waals surface area (Å²) in [6, 6.07) is 12.7. The molecule has 1 aliphatic heterocycles. The molecule has 0 saturated heterocycles. The van der Waals surface area contributed by atoms with Gasteiger partial charge in [-0.3, -0.25) is 9.59 Å². The van der Waals surface area contributed by atoms with Crippen LogP contribution in [-0.2, 0) is 9.59 Å². The van der Waals surface area contributed by atoms with Crippen LogP contribution in [0.2, 0.25) is 0 Å².